The summed E-state index contributed by atoms with van der Waals surface area (Å²) < 4.78 is 0. The zero-order valence-electron chi connectivity index (χ0n) is 18.7. The molecule has 0 bridgehead atoms. The van der Waals surface area contributed by atoms with Crippen LogP contribution in [0.5, 0.6) is 0 Å². The van der Waals surface area contributed by atoms with Crippen molar-refractivity contribution in [2.75, 3.05) is 10.2 Å². The van der Waals surface area contributed by atoms with Crippen LogP contribution in [0, 0.1) is 6.92 Å². The first-order valence-corrected chi connectivity index (χ1v) is 10.5. The summed E-state index contributed by atoms with van der Waals surface area (Å²) in [6.45, 7) is 9.36. The van der Waals surface area contributed by atoms with Crippen molar-refractivity contribution >= 4 is 23.2 Å². The monoisotopic (exact) mass is 415 g/mol. The van der Waals surface area contributed by atoms with Gasteiger partial charge in [-0.1, -0.05) is 24.3 Å². The Bertz CT molecular complexity index is 1060. The van der Waals surface area contributed by atoms with Gasteiger partial charge in [0.25, 0.3) is 0 Å². The van der Waals surface area contributed by atoms with Crippen molar-refractivity contribution < 1.29 is 9.59 Å². The Kier molecular flexibility index (Phi) is 6.85. The number of pyridine rings is 1. The fraction of sp³-hybridized carbons (Fsp3) is 0.269. The molecular weight excluding hydrogens is 386 g/mol. The highest BCUT2D eigenvalue weighted by Crippen LogP contribution is 2.25. The Balaban J connectivity index is 1.68. The van der Waals surface area contributed by atoms with E-state index in [0.717, 1.165) is 33.8 Å². The summed E-state index contributed by atoms with van der Waals surface area (Å²) in [5.41, 5.74) is 5.63. The number of aromatic nitrogens is 1. The predicted octanol–water partition coefficient (Wildman–Crippen LogP) is 5.56. The van der Waals surface area contributed by atoms with Crippen LogP contribution in [-0.4, -0.2) is 22.8 Å². The van der Waals surface area contributed by atoms with Crippen LogP contribution in [0.2, 0.25) is 0 Å². The van der Waals surface area contributed by atoms with Crippen LogP contribution in [0.25, 0.3) is 11.1 Å². The molecule has 5 nitrogen and oxygen atoms in total. The quantitative estimate of drug-likeness (QED) is 0.573. The van der Waals surface area contributed by atoms with Crippen LogP contribution in [-0.2, 0) is 9.59 Å². The van der Waals surface area contributed by atoms with E-state index in [1.54, 1.807) is 18.0 Å². The standard InChI is InChI=1S/C26H29N3O2/c1-17(2)29(20(5)30)25-12-8-21(9-13-25)19(4)26(31)28-24-10-6-22(7-11-24)23-14-15-27-18(3)16-23/h6-17,19H,1-5H3,(H,28,31). The third-order valence-electron chi connectivity index (χ3n) is 5.30. The average Bonchev–Trinajstić information content (AvgIpc) is 2.74. The van der Waals surface area contributed by atoms with E-state index >= 15 is 0 Å². The van der Waals surface area contributed by atoms with Crippen molar-refractivity contribution in [1.82, 2.24) is 4.98 Å². The highest BCUT2D eigenvalue weighted by atomic mass is 16.2. The Morgan fingerprint density at radius 2 is 1.55 bits per heavy atom. The van der Waals surface area contributed by atoms with Gasteiger partial charge in [-0.05, 0) is 80.8 Å². The molecule has 0 aliphatic rings. The van der Waals surface area contributed by atoms with Crippen LogP contribution in [0.4, 0.5) is 11.4 Å². The molecule has 1 unspecified atom stereocenters. The summed E-state index contributed by atoms with van der Waals surface area (Å²) in [7, 11) is 0. The van der Waals surface area contributed by atoms with Gasteiger partial charge < -0.3 is 10.2 Å². The minimum Gasteiger partial charge on any atom is -0.326 e. The number of hydrogen-bond donors (Lipinski definition) is 1. The van der Waals surface area contributed by atoms with E-state index in [-0.39, 0.29) is 23.8 Å². The Labute approximate surface area is 184 Å². The molecule has 3 aromatic rings. The number of hydrogen-bond acceptors (Lipinski definition) is 3. The molecular formula is C26H29N3O2. The van der Waals surface area contributed by atoms with Crippen molar-refractivity contribution in [3.8, 4) is 11.1 Å². The molecule has 160 valence electrons. The molecule has 5 heteroatoms. The summed E-state index contributed by atoms with van der Waals surface area (Å²) in [5, 5.41) is 2.99. The summed E-state index contributed by atoms with van der Waals surface area (Å²) in [4.78, 5) is 30.6. The third-order valence-corrected chi connectivity index (χ3v) is 5.30. The van der Waals surface area contributed by atoms with E-state index in [1.807, 2.05) is 88.4 Å². The van der Waals surface area contributed by atoms with Gasteiger partial charge in [-0.15, -0.1) is 0 Å². The number of aryl methyl sites for hydroxylation is 1. The van der Waals surface area contributed by atoms with Crippen LogP contribution in [0.1, 0.15) is 44.9 Å². The van der Waals surface area contributed by atoms with Crippen molar-refractivity contribution in [2.45, 2.75) is 46.6 Å². The molecule has 1 N–H and O–H groups in total. The van der Waals surface area contributed by atoms with Crippen molar-refractivity contribution in [3.63, 3.8) is 0 Å². The summed E-state index contributed by atoms with van der Waals surface area (Å²) in [6.07, 6.45) is 1.80. The Morgan fingerprint density at radius 1 is 0.903 bits per heavy atom. The first kappa shape index (κ1) is 22.2. The van der Waals surface area contributed by atoms with E-state index in [1.165, 1.54) is 0 Å². The molecule has 1 heterocycles. The molecule has 3 rings (SSSR count). The van der Waals surface area contributed by atoms with Gasteiger partial charge in [-0.2, -0.15) is 0 Å². The van der Waals surface area contributed by atoms with Gasteiger partial charge in [-0.25, -0.2) is 0 Å². The fourth-order valence-electron chi connectivity index (χ4n) is 3.64. The van der Waals surface area contributed by atoms with Crippen LogP contribution in [0.3, 0.4) is 0 Å². The highest BCUT2D eigenvalue weighted by Gasteiger charge is 2.18. The SMILES string of the molecule is CC(=O)N(c1ccc(C(C)C(=O)Nc2ccc(-c3ccnc(C)c3)cc2)cc1)C(C)C. The number of nitrogens with one attached hydrogen (secondary N) is 1. The maximum atomic E-state index is 12.8. The molecule has 0 aliphatic heterocycles. The van der Waals surface area contributed by atoms with E-state index in [4.69, 9.17) is 0 Å². The molecule has 0 radical (unpaired) electrons. The van der Waals surface area contributed by atoms with E-state index in [9.17, 15) is 9.59 Å². The Morgan fingerprint density at radius 3 is 2.10 bits per heavy atom. The minimum atomic E-state index is -0.318. The number of amides is 2. The van der Waals surface area contributed by atoms with Crippen molar-refractivity contribution in [1.29, 1.82) is 0 Å². The van der Waals surface area contributed by atoms with Gasteiger partial charge in [0.2, 0.25) is 11.8 Å². The summed E-state index contributed by atoms with van der Waals surface area (Å²) >= 11 is 0. The van der Waals surface area contributed by atoms with E-state index in [0.29, 0.717) is 0 Å². The predicted molar refractivity (Wildman–Crippen MR) is 126 cm³/mol. The van der Waals surface area contributed by atoms with Crippen LogP contribution >= 0.6 is 0 Å². The number of anilines is 2. The van der Waals surface area contributed by atoms with Gasteiger partial charge >= 0.3 is 0 Å². The number of carbonyl (C=O) groups excluding carboxylic acids is 2. The minimum absolute atomic E-state index is 0.00100. The molecule has 0 saturated heterocycles. The normalized spacial score (nSPS) is 11.8. The largest absolute Gasteiger partial charge is 0.326 e. The number of benzene rings is 2. The van der Waals surface area contributed by atoms with Gasteiger partial charge in [-0.3, -0.25) is 14.6 Å². The third kappa shape index (κ3) is 5.37. The lowest BCUT2D eigenvalue weighted by Gasteiger charge is -2.26. The molecule has 0 spiro atoms. The van der Waals surface area contributed by atoms with Gasteiger partial charge in [0.1, 0.15) is 0 Å². The lowest BCUT2D eigenvalue weighted by atomic mass is 9.99. The first-order valence-electron chi connectivity index (χ1n) is 10.5. The second-order valence-corrected chi connectivity index (χ2v) is 8.05. The summed E-state index contributed by atoms with van der Waals surface area (Å²) in [5.74, 6) is -0.396. The van der Waals surface area contributed by atoms with Gasteiger partial charge in [0, 0.05) is 36.2 Å². The molecule has 2 amide bonds. The summed E-state index contributed by atoms with van der Waals surface area (Å²) in [6, 6.07) is 19.5. The molecule has 1 atom stereocenters. The van der Waals surface area contributed by atoms with E-state index < -0.39 is 0 Å². The molecule has 1 aromatic heterocycles. The van der Waals surface area contributed by atoms with Crippen LogP contribution in [0.15, 0.2) is 66.9 Å². The lowest BCUT2D eigenvalue weighted by molar-refractivity contribution is -0.118. The van der Waals surface area contributed by atoms with Crippen molar-refractivity contribution in [3.05, 3.63) is 78.1 Å². The molecule has 0 fully saturated rings. The average molecular weight is 416 g/mol. The highest BCUT2D eigenvalue weighted by molar-refractivity contribution is 5.96. The molecule has 2 aromatic carbocycles. The number of rotatable bonds is 6. The fourth-order valence-corrected chi connectivity index (χ4v) is 3.64. The molecule has 0 aliphatic carbocycles. The van der Waals surface area contributed by atoms with E-state index in [2.05, 4.69) is 10.3 Å². The van der Waals surface area contributed by atoms with Gasteiger partial charge in [0.05, 0.1) is 5.92 Å². The first-order chi connectivity index (χ1) is 14.8. The zero-order chi connectivity index (χ0) is 22.5. The number of carbonyl (C=O) groups is 2. The van der Waals surface area contributed by atoms with Crippen LogP contribution < -0.4 is 10.2 Å². The second kappa shape index (κ2) is 9.56. The molecule has 0 saturated carbocycles. The lowest BCUT2D eigenvalue weighted by Crippen LogP contribution is -2.35. The maximum absolute atomic E-state index is 12.8. The molecule has 31 heavy (non-hydrogen) atoms. The van der Waals surface area contributed by atoms with Gasteiger partial charge in [0.15, 0.2) is 0 Å². The maximum Gasteiger partial charge on any atom is 0.231 e. The second-order valence-electron chi connectivity index (χ2n) is 8.05. The zero-order valence-corrected chi connectivity index (χ0v) is 18.7. The Hall–Kier alpha value is -3.47. The smallest absolute Gasteiger partial charge is 0.231 e. The topological polar surface area (TPSA) is 62.3 Å². The van der Waals surface area contributed by atoms with Crippen molar-refractivity contribution in [2.24, 2.45) is 0 Å². The number of nitrogens with zero attached hydrogens (tertiary/aromatic N) is 2.